The Bertz CT molecular complexity index is 442. The van der Waals surface area contributed by atoms with Crippen molar-refractivity contribution in [2.75, 3.05) is 14.2 Å². The van der Waals surface area contributed by atoms with E-state index in [9.17, 15) is 9.59 Å². The zero-order valence-electron chi connectivity index (χ0n) is 16.5. The van der Waals surface area contributed by atoms with E-state index in [0.29, 0.717) is 25.7 Å². The van der Waals surface area contributed by atoms with Crippen LogP contribution in [0.2, 0.25) is 0 Å². The van der Waals surface area contributed by atoms with E-state index < -0.39 is 0 Å². The first-order chi connectivity index (χ1) is 12.7. The van der Waals surface area contributed by atoms with Crippen molar-refractivity contribution >= 4 is 11.9 Å². The molecule has 0 fully saturated rings. The van der Waals surface area contributed by atoms with Crippen LogP contribution in [0.3, 0.4) is 0 Å². The summed E-state index contributed by atoms with van der Waals surface area (Å²) in [7, 11) is 2.81. The van der Waals surface area contributed by atoms with Crippen LogP contribution in [-0.4, -0.2) is 26.2 Å². The molecule has 0 N–H and O–H groups in total. The van der Waals surface area contributed by atoms with E-state index in [1.54, 1.807) is 0 Å². The molecule has 0 heterocycles. The fourth-order valence-electron chi connectivity index (χ4n) is 2.37. The molecule has 0 radical (unpaired) electrons. The Morgan fingerprint density at radius 1 is 0.538 bits per heavy atom. The van der Waals surface area contributed by atoms with Crippen LogP contribution in [0.15, 0.2) is 0 Å². The summed E-state index contributed by atoms with van der Waals surface area (Å²) >= 11 is 0. The zero-order valence-corrected chi connectivity index (χ0v) is 16.5. The highest BCUT2D eigenvalue weighted by Crippen LogP contribution is 2.10. The summed E-state index contributed by atoms with van der Waals surface area (Å²) < 4.78 is 9.12. The van der Waals surface area contributed by atoms with Gasteiger partial charge in [0.1, 0.15) is 0 Å². The second-order valence-corrected chi connectivity index (χ2v) is 6.19. The second-order valence-electron chi connectivity index (χ2n) is 6.19. The van der Waals surface area contributed by atoms with Crippen molar-refractivity contribution in [3.8, 4) is 23.7 Å². The Morgan fingerprint density at radius 3 is 1.19 bits per heavy atom. The highest BCUT2D eigenvalue weighted by molar-refractivity contribution is 5.69. The van der Waals surface area contributed by atoms with E-state index in [2.05, 4.69) is 33.2 Å². The van der Waals surface area contributed by atoms with Gasteiger partial charge < -0.3 is 9.47 Å². The van der Waals surface area contributed by atoms with Gasteiger partial charge in [-0.05, 0) is 12.8 Å². The maximum atomic E-state index is 10.9. The lowest BCUT2D eigenvalue weighted by atomic mass is 10.1. The number of rotatable bonds is 13. The molecule has 26 heavy (non-hydrogen) atoms. The van der Waals surface area contributed by atoms with Gasteiger partial charge in [-0.1, -0.05) is 38.5 Å². The van der Waals surface area contributed by atoms with Crippen LogP contribution in [0.25, 0.3) is 0 Å². The minimum Gasteiger partial charge on any atom is -0.469 e. The molecule has 0 saturated carbocycles. The van der Waals surface area contributed by atoms with E-state index >= 15 is 0 Å². The van der Waals surface area contributed by atoms with Gasteiger partial charge in [0.2, 0.25) is 0 Å². The van der Waals surface area contributed by atoms with Gasteiger partial charge in [0, 0.05) is 25.7 Å². The zero-order chi connectivity index (χ0) is 19.3. The van der Waals surface area contributed by atoms with Crippen LogP contribution in [-0.2, 0) is 19.1 Å². The lowest BCUT2D eigenvalue weighted by molar-refractivity contribution is -0.141. The Hall–Kier alpha value is -1.94. The van der Waals surface area contributed by atoms with E-state index in [1.165, 1.54) is 52.7 Å². The van der Waals surface area contributed by atoms with Gasteiger partial charge in [-0.2, -0.15) is 0 Å². The Kier molecular flexibility index (Phi) is 17.9. The standard InChI is InChI=1S/C22H34O4/c1-25-21(23)19-17-15-13-11-9-7-5-3-4-6-8-10-12-14-16-18-20-22(24)26-2/h3-12,17-20H2,1-2H3. The fraction of sp³-hybridized carbons (Fsp3) is 0.727. The quantitative estimate of drug-likeness (QED) is 0.268. The molecule has 0 aliphatic rings. The number of hydrogen-bond acceptors (Lipinski definition) is 4. The normalized spacial score (nSPS) is 9.46. The largest absolute Gasteiger partial charge is 0.469 e. The molecule has 0 aliphatic carbocycles. The molecule has 4 heteroatoms. The maximum absolute atomic E-state index is 10.9. The highest BCUT2D eigenvalue weighted by Gasteiger charge is 1.96. The predicted molar refractivity (Wildman–Crippen MR) is 104 cm³/mol. The van der Waals surface area contributed by atoms with Crippen molar-refractivity contribution in [1.29, 1.82) is 0 Å². The number of carbonyl (C=O) groups excluding carboxylic acids is 2. The van der Waals surface area contributed by atoms with Gasteiger partial charge in [0.15, 0.2) is 0 Å². The summed E-state index contributed by atoms with van der Waals surface area (Å²) in [4.78, 5) is 21.8. The summed E-state index contributed by atoms with van der Waals surface area (Å²) in [5, 5.41) is 0. The average molecular weight is 363 g/mol. The molecule has 0 unspecified atom stereocenters. The van der Waals surface area contributed by atoms with Gasteiger partial charge in [-0.15, -0.1) is 23.7 Å². The van der Waals surface area contributed by atoms with Crippen LogP contribution < -0.4 is 0 Å². The molecular weight excluding hydrogens is 328 g/mol. The predicted octanol–water partition coefficient (Wildman–Crippen LogP) is 4.80. The molecule has 0 rings (SSSR count). The number of ether oxygens (including phenoxy) is 2. The third kappa shape index (κ3) is 18.4. The highest BCUT2D eigenvalue weighted by atomic mass is 16.5. The SMILES string of the molecule is COC(=O)CCC#CCCCCCCCCCCC#CCCC(=O)OC. The molecule has 0 bridgehead atoms. The monoisotopic (exact) mass is 362 g/mol. The summed E-state index contributed by atoms with van der Waals surface area (Å²) in [5.74, 6) is 11.9. The minimum absolute atomic E-state index is 0.190. The minimum atomic E-state index is -0.190. The van der Waals surface area contributed by atoms with Gasteiger partial charge >= 0.3 is 11.9 Å². The van der Waals surface area contributed by atoms with Crippen LogP contribution in [0, 0.1) is 23.7 Å². The molecular formula is C22H34O4. The number of carbonyl (C=O) groups is 2. The summed E-state index contributed by atoms with van der Waals surface area (Å²) in [6.45, 7) is 0. The Balaban J connectivity index is 3.25. The average Bonchev–Trinajstić information content (AvgIpc) is 2.66. The van der Waals surface area contributed by atoms with E-state index in [0.717, 1.165) is 25.7 Å². The van der Waals surface area contributed by atoms with Crippen LogP contribution >= 0.6 is 0 Å². The number of esters is 2. The third-order valence-corrected chi connectivity index (χ3v) is 3.97. The summed E-state index contributed by atoms with van der Waals surface area (Å²) in [6.07, 6.45) is 13.7. The lowest BCUT2D eigenvalue weighted by Crippen LogP contribution is -1.98. The fourth-order valence-corrected chi connectivity index (χ4v) is 2.37. The van der Waals surface area contributed by atoms with Crippen molar-refractivity contribution in [3.63, 3.8) is 0 Å². The number of unbranched alkanes of at least 4 members (excludes halogenated alkanes) is 9. The molecule has 0 aromatic carbocycles. The number of methoxy groups -OCH3 is 2. The lowest BCUT2D eigenvalue weighted by Gasteiger charge is -2.00. The van der Waals surface area contributed by atoms with Crippen molar-refractivity contribution in [1.82, 2.24) is 0 Å². The van der Waals surface area contributed by atoms with Crippen molar-refractivity contribution < 1.29 is 19.1 Å². The topological polar surface area (TPSA) is 52.6 Å². The van der Waals surface area contributed by atoms with Crippen molar-refractivity contribution in [2.24, 2.45) is 0 Å². The van der Waals surface area contributed by atoms with Gasteiger partial charge in [0.25, 0.3) is 0 Å². The molecule has 146 valence electrons. The first-order valence-electron chi connectivity index (χ1n) is 9.75. The molecule has 0 saturated heterocycles. The second kappa shape index (κ2) is 19.4. The van der Waals surface area contributed by atoms with Crippen molar-refractivity contribution in [3.05, 3.63) is 0 Å². The first kappa shape index (κ1) is 24.1. The van der Waals surface area contributed by atoms with Crippen LogP contribution in [0.1, 0.15) is 89.9 Å². The van der Waals surface area contributed by atoms with E-state index in [-0.39, 0.29) is 11.9 Å². The van der Waals surface area contributed by atoms with Crippen LogP contribution in [0.5, 0.6) is 0 Å². The maximum Gasteiger partial charge on any atom is 0.306 e. The first-order valence-corrected chi connectivity index (χ1v) is 9.75. The van der Waals surface area contributed by atoms with Crippen LogP contribution in [0.4, 0.5) is 0 Å². The van der Waals surface area contributed by atoms with E-state index in [4.69, 9.17) is 0 Å². The Morgan fingerprint density at radius 2 is 0.846 bits per heavy atom. The van der Waals surface area contributed by atoms with Gasteiger partial charge in [-0.3, -0.25) is 9.59 Å². The summed E-state index contributed by atoms with van der Waals surface area (Å²) in [5.41, 5.74) is 0. The smallest absolute Gasteiger partial charge is 0.306 e. The number of hydrogen-bond donors (Lipinski definition) is 0. The molecule has 0 aliphatic heterocycles. The third-order valence-electron chi connectivity index (χ3n) is 3.97. The van der Waals surface area contributed by atoms with Gasteiger partial charge in [0.05, 0.1) is 27.1 Å². The molecule has 0 atom stereocenters. The van der Waals surface area contributed by atoms with Gasteiger partial charge in [-0.25, -0.2) is 0 Å². The summed E-state index contributed by atoms with van der Waals surface area (Å²) in [6, 6.07) is 0. The van der Waals surface area contributed by atoms with E-state index in [1.807, 2.05) is 0 Å². The molecule has 0 aromatic rings. The molecule has 0 spiro atoms. The molecule has 0 amide bonds. The molecule has 4 nitrogen and oxygen atoms in total. The Labute approximate surface area is 159 Å². The molecule has 0 aromatic heterocycles. The van der Waals surface area contributed by atoms with Crippen molar-refractivity contribution in [2.45, 2.75) is 89.9 Å².